The van der Waals surface area contributed by atoms with Crippen LogP contribution in [0.15, 0.2) is 53.1 Å². The molecule has 1 aliphatic heterocycles. The maximum absolute atomic E-state index is 4.20. The number of fused-ring (bicyclic) bond motifs is 1. The molecule has 90 valence electrons. The lowest BCUT2D eigenvalue weighted by Crippen LogP contribution is -2.23. The van der Waals surface area contributed by atoms with Gasteiger partial charge in [-0.15, -0.1) is 11.3 Å². The van der Waals surface area contributed by atoms with Crippen LogP contribution in [-0.2, 0) is 0 Å². The van der Waals surface area contributed by atoms with Crippen LogP contribution in [-0.4, -0.2) is 16.3 Å². The summed E-state index contributed by atoms with van der Waals surface area (Å²) in [7, 11) is 0. The third-order valence-electron chi connectivity index (χ3n) is 2.64. The molecule has 0 saturated carbocycles. The van der Waals surface area contributed by atoms with Gasteiger partial charge in [-0.2, -0.15) is 0 Å². The molecular weight excluding hydrogens is 244 g/mol. The Balaban J connectivity index is 2.07. The standard InChI is InChI=1S/C13H12N4S/c1-2-4-6-10(18-7-5-3-1)11-12-13(16-8-14-11)17-9-15-12/h1-9,11H,(H,14,16)(H,15,17). The van der Waals surface area contributed by atoms with Crippen LogP contribution in [0, 0.1) is 0 Å². The summed E-state index contributed by atoms with van der Waals surface area (Å²) < 4.78 is 0. The fourth-order valence-electron chi connectivity index (χ4n) is 1.80. The van der Waals surface area contributed by atoms with Crippen LogP contribution in [0.4, 0.5) is 5.82 Å². The first kappa shape index (κ1) is 11.0. The topological polar surface area (TPSA) is 53.1 Å². The van der Waals surface area contributed by atoms with Crippen molar-refractivity contribution in [3.63, 3.8) is 0 Å². The molecule has 1 aliphatic rings. The van der Waals surface area contributed by atoms with Crippen molar-refractivity contribution in [2.45, 2.75) is 6.04 Å². The molecular formula is C13H12N4S. The Bertz CT molecular complexity index is 589. The van der Waals surface area contributed by atoms with Gasteiger partial charge in [0.2, 0.25) is 0 Å². The van der Waals surface area contributed by atoms with Crippen LogP contribution in [0.5, 0.6) is 0 Å². The van der Waals surface area contributed by atoms with Crippen molar-refractivity contribution in [1.29, 1.82) is 0 Å². The summed E-state index contributed by atoms with van der Waals surface area (Å²) in [5.41, 5.74) is 1.00. The number of hydrogen-bond acceptors (Lipinski definition) is 4. The van der Waals surface area contributed by atoms with Gasteiger partial charge in [-0.3, -0.25) is 0 Å². The fourth-order valence-corrected chi connectivity index (χ4v) is 2.61. The molecule has 1 atom stereocenters. The molecule has 0 radical (unpaired) electrons. The summed E-state index contributed by atoms with van der Waals surface area (Å²) in [6, 6.07) is 12.3. The average molecular weight is 256 g/mol. The molecule has 1 unspecified atom stereocenters. The van der Waals surface area contributed by atoms with E-state index in [1.165, 1.54) is 4.88 Å². The van der Waals surface area contributed by atoms with Crippen molar-refractivity contribution in [2.75, 3.05) is 0 Å². The zero-order valence-electron chi connectivity index (χ0n) is 9.58. The number of aromatic nitrogens is 2. The van der Waals surface area contributed by atoms with Crippen molar-refractivity contribution in [1.82, 2.24) is 15.3 Å². The number of nitrogens with zero attached hydrogens (tertiary/aromatic N) is 2. The van der Waals surface area contributed by atoms with Crippen LogP contribution >= 0.6 is 11.3 Å². The van der Waals surface area contributed by atoms with Crippen LogP contribution in [0.3, 0.4) is 0 Å². The quantitative estimate of drug-likeness (QED) is 0.824. The van der Waals surface area contributed by atoms with Gasteiger partial charge in [0, 0.05) is 4.88 Å². The molecule has 0 bridgehead atoms. The summed E-state index contributed by atoms with van der Waals surface area (Å²) in [5.74, 6) is 0.756. The van der Waals surface area contributed by atoms with Crippen LogP contribution in [0.25, 0.3) is 0 Å². The molecule has 2 aromatic heterocycles. The Morgan fingerprint density at radius 1 is 1.11 bits per heavy atom. The lowest BCUT2D eigenvalue weighted by atomic mass is 10.1. The van der Waals surface area contributed by atoms with Gasteiger partial charge in [-0.1, -0.05) is 30.3 Å². The molecule has 3 heterocycles. The van der Waals surface area contributed by atoms with E-state index in [0.29, 0.717) is 0 Å². The lowest BCUT2D eigenvalue weighted by molar-refractivity contribution is 0.752. The van der Waals surface area contributed by atoms with Crippen molar-refractivity contribution in [2.24, 2.45) is 4.99 Å². The van der Waals surface area contributed by atoms with E-state index in [0.717, 1.165) is 11.5 Å². The molecule has 0 aliphatic carbocycles. The van der Waals surface area contributed by atoms with E-state index in [-0.39, 0.29) is 6.04 Å². The lowest BCUT2D eigenvalue weighted by Gasteiger charge is -2.18. The predicted octanol–water partition coefficient (Wildman–Crippen LogP) is 2.95. The minimum absolute atomic E-state index is 0.0809. The van der Waals surface area contributed by atoms with Crippen LogP contribution in [0.1, 0.15) is 16.6 Å². The van der Waals surface area contributed by atoms with Crippen LogP contribution in [0.2, 0.25) is 0 Å². The molecule has 2 N–H and O–H groups in total. The Hall–Kier alpha value is -2.14. The summed E-state index contributed by atoms with van der Waals surface area (Å²) in [5, 5.41) is 5.33. The van der Waals surface area contributed by atoms with Gasteiger partial charge in [0.15, 0.2) is 5.82 Å². The number of rotatable bonds is 1. The Labute approximate surface area is 109 Å². The first-order valence-electron chi connectivity index (χ1n) is 5.64. The van der Waals surface area contributed by atoms with Gasteiger partial charge >= 0.3 is 0 Å². The van der Waals surface area contributed by atoms with Crippen LogP contribution < -0.4 is 5.32 Å². The number of aromatic amines is 1. The van der Waals surface area contributed by atoms with Gasteiger partial charge in [-0.25, -0.2) is 9.98 Å². The maximum Gasteiger partial charge on any atom is 0.177 e. The molecule has 0 fully saturated rings. The Kier molecular flexibility index (Phi) is 3.06. The predicted molar refractivity (Wildman–Crippen MR) is 73.7 cm³/mol. The number of aliphatic imine (C=N–C) groups is 1. The summed E-state index contributed by atoms with van der Waals surface area (Å²) >= 11 is 1.69. The SMILES string of the molecule is C1=Nc2nc[nH]c2C(c2cccccccs2)N1. The largest absolute Gasteiger partial charge is 0.363 e. The minimum Gasteiger partial charge on any atom is -0.363 e. The molecule has 18 heavy (non-hydrogen) atoms. The highest BCUT2D eigenvalue weighted by atomic mass is 32.1. The summed E-state index contributed by atoms with van der Waals surface area (Å²) in [6.45, 7) is 0. The highest BCUT2D eigenvalue weighted by molar-refractivity contribution is 7.09. The minimum atomic E-state index is 0.0809. The first-order chi connectivity index (χ1) is 8.95. The Morgan fingerprint density at radius 3 is 3.00 bits per heavy atom. The third kappa shape index (κ3) is 2.12. The molecule has 0 spiro atoms. The van der Waals surface area contributed by atoms with E-state index in [4.69, 9.17) is 0 Å². The second-order valence-electron chi connectivity index (χ2n) is 3.78. The molecule has 2 aromatic rings. The smallest absolute Gasteiger partial charge is 0.177 e. The van der Waals surface area contributed by atoms with Gasteiger partial charge in [0.05, 0.1) is 18.4 Å². The highest BCUT2D eigenvalue weighted by Gasteiger charge is 2.21. The zero-order chi connectivity index (χ0) is 12.2. The molecule has 5 heteroatoms. The van der Waals surface area contributed by atoms with Crippen molar-refractivity contribution < 1.29 is 0 Å². The third-order valence-corrected chi connectivity index (χ3v) is 3.57. The first-order valence-corrected chi connectivity index (χ1v) is 6.52. The van der Waals surface area contributed by atoms with E-state index >= 15 is 0 Å². The van der Waals surface area contributed by atoms with Crippen molar-refractivity contribution in [3.8, 4) is 0 Å². The normalized spacial score (nSPS) is 16.6. The second kappa shape index (κ2) is 5.01. The van der Waals surface area contributed by atoms with E-state index in [9.17, 15) is 0 Å². The number of imidazole rings is 1. The zero-order valence-corrected chi connectivity index (χ0v) is 10.4. The molecule has 0 amide bonds. The monoisotopic (exact) mass is 256 g/mol. The average Bonchev–Trinajstić information content (AvgIpc) is 2.91. The number of H-pyrrole nitrogens is 1. The summed E-state index contributed by atoms with van der Waals surface area (Å²) in [4.78, 5) is 12.7. The van der Waals surface area contributed by atoms with E-state index in [1.54, 1.807) is 24.0 Å². The van der Waals surface area contributed by atoms with Crippen molar-refractivity contribution >= 4 is 23.5 Å². The Morgan fingerprint density at radius 2 is 2.00 bits per heavy atom. The van der Waals surface area contributed by atoms with E-state index < -0.39 is 0 Å². The molecule has 0 aromatic carbocycles. The van der Waals surface area contributed by atoms with Gasteiger partial charge in [0.1, 0.15) is 6.04 Å². The maximum atomic E-state index is 4.20. The fraction of sp³-hybridized carbons (Fsp3) is 0.0769. The van der Waals surface area contributed by atoms with E-state index in [1.807, 2.05) is 30.3 Å². The number of nitrogens with one attached hydrogen (secondary N) is 2. The van der Waals surface area contributed by atoms with Crippen molar-refractivity contribution in [3.05, 3.63) is 58.7 Å². The van der Waals surface area contributed by atoms with E-state index in [2.05, 4.69) is 31.7 Å². The number of hydrogen-bond donors (Lipinski definition) is 2. The second-order valence-corrected chi connectivity index (χ2v) is 4.76. The molecule has 4 nitrogen and oxygen atoms in total. The van der Waals surface area contributed by atoms with Gasteiger partial charge < -0.3 is 10.3 Å². The molecule has 3 rings (SSSR count). The van der Waals surface area contributed by atoms with Gasteiger partial charge in [0.25, 0.3) is 0 Å². The highest BCUT2D eigenvalue weighted by Crippen LogP contribution is 2.30. The summed E-state index contributed by atoms with van der Waals surface area (Å²) in [6.07, 6.45) is 3.38. The molecule has 0 saturated heterocycles. The van der Waals surface area contributed by atoms with Gasteiger partial charge in [-0.05, 0) is 11.4 Å².